The minimum absolute atomic E-state index is 0.284. The SMILES string of the molecule is Cn1c(Nc2ccc(F)cc2)ncc(-c2ccc(Oc3ccnc4cc5c(cc34)OCCCO5)cn2)c1=O. The number of aromatic nitrogens is 4. The summed E-state index contributed by atoms with van der Waals surface area (Å²) in [4.78, 5) is 26.2. The molecule has 1 aliphatic heterocycles. The van der Waals surface area contributed by atoms with E-state index in [4.69, 9.17) is 14.2 Å². The van der Waals surface area contributed by atoms with E-state index in [0.29, 0.717) is 59.1 Å². The van der Waals surface area contributed by atoms with Crippen LogP contribution in [0.4, 0.5) is 16.0 Å². The van der Waals surface area contributed by atoms with E-state index in [1.165, 1.54) is 22.9 Å². The van der Waals surface area contributed by atoms with Gasteiger partial charge in [-0.25, -0.2) is 9.37 Å². The van der Waals surface area contributed by atoms with Crippen LogP contribution in [0.5, 0.6) is 23.0 Å². The normalized spacial score (nSPS) is 12.7. The van der Waals surface area contributed by atoms with Crippen molar-refractivity contribution in [3.8, 4) is 34.3 Å². The number of nitrogens with zero attached hydrogens (tertiary/aromatic N) is 4. The summed E-state index contributed by atoms with van der Waals surface area (Å²) in [6, 6.07) is 14.7. The quantitative estimate of drug-likeness (QED) is 0.343. The summed E-state index contributed by atoms with van der Waals surface area (Å²) < 4.78 is 32.3. The Labute approximate surface area is 216 Å². The first-order valence-electron chi connectivity index (χ1n) is 12.0. The summed E-state index contributed by atoms with van der Waals surface area (Å²) in [6.07, 6.45) is 5.49. The topological polar surface area (TPSA) is 100 Å². The van der Waals surface area contributed by atoms with Gasteiger partial charge in [-0.2, -0.15) is 0 Å². The van der Waals surface area contributed by atoms with Crippen LogP contribution in [0.15, 0.2) is 78.0 Å². The fourth-order valence-electron chi connectivity index (χ4n) is 4.09. The number of benzene rings is 2. The van der Waals surface area contributed by atoms with E-state index in [0.717, 1.165) is 17.3 Å². The monoisotopic (exact) mass is 511 g/mol. The maximum Gasteiger partial charge on any atom is 0.264 e. The number of hydrogen-bond donors (Lipinski definition) is 1. The van der Waals surface area contributed by atoms with E-state index < -0.39 is 0 Å². The second-order valence-corrected chi connectivity index (χ2v) is 8.65. The predicted octanol–water partition coefficient (Wildman–Crippen LogP) is 5.23. The van der Waals surface area contributed by atoms with Crippen molar-refractivity contribution in [3.05, 3.63) is 89.4 Å². The van der Waals surface area contributed by atoms with Crippen LogP contribution >= 0.6 is 0 Å². The van der Waals surface area contributed by atoms with Gasteiger partial charge in [-0.05, 0) is 48.5 Å². The van der Waals surface area contributed by atoms with Gasteiger partial charge in [-0.1, -0.05) is 0 Å². The van der Waals surface area contributed by atoms with E-state index in [1.807, 2.05) is 12.1 Å². The van der Waals surface area contributed by atoms with Gasteiger partial charge in [-0.3, -0.25) is 19.3 Å². The molecule has 5 aromatic rings. The van der Waals surface area contributed by atoms with Gasteiger partial charge in [0.15, 0.2) is 11.5 Å². The lowest BCUT2D eigenvalue weighted by Crippen LogP contribution is -2.22. The molecule has 0 saturated heterocycles. The average Bonchev–Trinajstić information content (AvgIpc) is 3.17. The van der Waals surface area contributed by atoms with Crippen LogP contribution < -0.4 is 25.1 Å². The largest absolute Gasteiger partial charge is 0.490 e. The molecule has 0 saturated carbocycles. The maximum absolute atomic E-state index is 13.2. The zero-order valence-corrected chi connectivity index (χ0v) is 20.3. The minimum atomic E-state index is -0.346. The van der Waals surface area contributed by atoms with E-state index >= 15 is 0 Å². The van der Waals surface area contributed by atoms with Gasteiger partial charge in [0.2, 0.25) is 5.95 Å². The Morgan fingerprint density at radius 1 is 0.947 bits per heavy atom. The average molecular weight is 512 g/mol. The second kappa shape index (κ2) is 9.81. The molecule has 0 spiro atoms. The van der Waals surface area contributed by atoms with Crippen molar-refractivity contribution in [1.82, 2.24) is 19.5 Å². The van der Waals surface area contributed by atoms with Gasteiger partial charge in [0.1, 0.15) is 17.3 Å². The van der Waals surface area contributed by atoms with Gasteiger partial charge in [0, 0.05) is 43.0 Å². The van der Waals surface area contributed by atoms with E-state index in [-0.39, 0.29) is 11.4 Å². The molecular weight excluding hydrogens is 489 g/mol. The Bertz CT molecular complexity index is 1690. The van der Waals surface area contributed by atoms with Crippen LogP contribution in [-0.2, 0) is 7.05 Å². The van der Waals surface area contributed by atoms with Crippen molar-refractivity contribution in [2.24, 2.45) is 7.05 Å². The summed E-state index contributed by atoms with van der Waals surface area (Å²) in [5, 5.41) is 3.80. The van der Waals surface area contributed by atoms with Crippen LogP contribution in [0.2, 0.25) is 0 Å². The summed E-state index contributed by atoms with van der Waals surface area (Å²) in [7, 11) is 1.60. The number of fused-ring (bicyclic) bond motifs is 2. The smallest absolute Gasteiger partial charge is 0.264 e. The van der Waals surface area contributed by atoms with Crippen LogP contribution in [-0.4, -0.2) is 32.7 Å². The molecule has 0 atom stereocenters. The molecule has 0 radical (unpaired) electrons. The molecule has 0 unspecified atom stereocenters. The highest BCUT2D eigenvalue weighted by atomic mass is 19.1. The highest BCUT2D eigenvalue weighted by Crippen LogP contribution is 2.38. The lowest BCUT2D eigenvalue weighted by Gasteiger charge is -2.13. The number of halogens is 1. The minimum Gasteiger partial charge on any atom is -0.490 e. The first-order valence-corrected chi connectivity index (χ1v) is 12.0. The third-order valence-corrected chi connectivity index (χ3v) is 6.08. The molecule has 1 N–H and O–H groups in total. The number of anilines is 2. The molecule has 3 aromatic heterocycles. The van der Waals surface area contributed by atoms with Gasteiger partial charge in [0.05, 0.1) is 36.2 Å². The number of hydrogen-bond acceptors (Lipinski definition) is 8. The summed E-state index contributed by atoms with van der Waals surface area (Å²) >= 11 is 0. The van der Waals surface area contributed by atoms with Crippen molar-refractivity contribution < 1.29 is 18.6 Å². The summed E-state index contributed by atoms with van der Waals surface area (Å²) in [5.74, 6) is 2.38. The molecule has 2 aromatic carbocycles. The fourth-order valence-corrected chi connectivity index (χ4v) is 4.09. The Morgan fingerprint density at radius 3 is 2.50 bits per heavy atom. The Hall–Kier alpha value is -4.99. The zero-order chi connectivity index (χ0) is 26.1. The Morgan fingerprint density at radius 2 is 1.74 bits per heavy atom. The van der Waals surface area contributed by atoms with Crippen LogP contribution in [0.3, 0.4) is 0 Å². The number of nitrogens with one attached hydrogen (secondary N) is 1. The number of rotatable bonds is 5. The lowest BCUT2D eigenvalue weighted by atomic mass is 10.2. The molecule has 0 bridgehead atoms. The molecule has 6 rings (SSSR count). The molecular formula is C28H22FN5O4. The maximum atomic E-state index is 13.2. The predicted molar refractivity (Wildman–Crippen MR) is 140 cm³/mol. The van der Waals surface area contributed by atoms with Crippen molar-refractivity contribution in [3.63, 3.8) is 0 Å². The van der Waals surface area contributed by atoms with Crippen LogP contribution in [0, 0.1) is 5.82 Å². The lowest BCUT2D eigenvalue weighted by molar-refractivity contribution is 0.297. The molecule has 0 fully saturated rings. The van der Waals surface area contributed by atoms with Crippen molar-refractivity contribution in [2.45, 2.75) is 6.42 Å². The van der Waals surface area contributed by atoms with Gasteiger partial charge >= 0.3 is 0 Å². The summed E-state index contributed by atoms with van der Waals surface area (Å²) in [5.41, 5.74) is 1.83. The van der Waals surface area contributed by atoms with Crippen LogP contribution in [0.1, 0.15) is 6.42 Å². The van der Waals surface area contributed by atoms with Crippen LogP contribution in [0.25, 0.3) is 22.2 Å². The Kier molecular flexibility index (Phi) is 6.04. The van der Waals surface area contributed by atoms with Crippen molar-refractivity contribution in [2.75, 3.05) is 18.5 Å². The fraction of sp³-hybridized carbons (Fsp3) is 0.143. The molecule has 190 valence electrons. The number of pyridine rings is 2. The van der Waals surface area contributed by atoms with Crippen molar-refractivity contribution >= 4 is 22.5 Å². The molecule has 10 heteroatoms. The van der Waals surface area contributed by atoms with E-state index in [2.05, 4.69) is 20.3 Å². The molecule has 0 amide bonds. The second-order valence-electron chi connectivity index (χ2n) is 8.65. The molecule has 4 heterocycles. The third kappa shape index (κ3) is 4.59. The van der Waals surface area contributed by atoms with E-state index in [9.17, 15) is 9.18 Å². The number of ether oxygens (including phenoxy) is 3. The highest BCUT2D eigenvalue weighted by Gasteiger charge is 2.16. The highest BCUT2D eigenvalue weighted by molar-refractivity contribution is 5.88. The van der Waals surface area contributed by atoms with Gasteiger partial charge < -0.3 is 19.5 Å². The van der Waals surface area contributed by atoms with Crippen molar-refractivity contribution in [1.29, 1.82) is 0 Å². The standard InChI is InChI=1S/C28H22FN5O4/c1-34-27(35)21(16-32-28(34)33-18-5-3-17(29)4-6-18)22-8-7-19(15-31-22)38-24-9-10-30-23-14-26-25(13-20(23)24)36-11-2-12-37-26/h3-10,13-16H,2,11-12H2,1H3,(H,32,33). The van der Waals surface area contributed by atoms with Gasteiger partial charge in [-0.15, -0.1) is 0 Å². The third-order valence-electron chi connectivity index (χ3n) is 6.08. The molecule has 9 nitrogen and oxygen atoms in total. The summed E-state index contributed by atoms with van der Waals surface area (Å²) in [6.45, 7) is 1.18. The molecule has 1 aliphatic rings. The first kappa shape index (κ1) is 23.4. The van der Waals surface area contributed by atoms with E-state index in [1.54, 1.807) is 49.8 Å². The van der Waals surface area contributed by atoms with Gasteiger partial charge in [0.25, 0.3) is 5.56 Å². The molecule has 0 aliphatic carbocycles. The zero-order valence-electron chi connectivity index (χ0n) is 20.3. The first-order chi connectivity index (χ1) is 18.5. The Balaban J connectivity index is 1.24. The molecule has 38 heavy (non-hydrogen) atoms.